The van der Waals surface area contributed by atoms with Gasteiger partial charge in [0, 0.05) is 31.3 Å². The Morgan fingerprint density at radius 1 is 1.18 bits per heavy atom. The van der Waals surface area contributed by atoms with Crippen LogP contribution < -0.4 is 0 Å². The summed E-state index contributed by atoms with van der Waals surface area (Å²) in [5, 5.41) is 0. The average molecular weight is 562 g/mol. The molecule has 1 saturated carbocycles. The highest BCUT2D eigenvalue weighted by atomic mass is 19.4. The van der Waals surface area contributed by atoms with Gasteiger partial charge in [0.15, 0.2) is 17.2 Å². The molecule has 40 heavy (non-hydrogen) atoms. The first-order valence-corrected chi connectivity index (χ1v) is 12.5. The lowest BCUT2D eigenvalue weighted by atomic mass is 9.82. The summed E-state index contributed by atoms with van der Waals surface area (Å²) >= 11 is 0. The summed E-state index contributed by atoms with van der Waals surface area (Å²) in [5.41, 5.74) is -0.964. The van der Waals surface area contributed by atoms with E-state index in [9.17, 15) is 36.3 Å². The number of hydrogen-bond donors (Lipinski definition) is 0. The van der Waals surface area contributed by atoms with Gasteiger partial charge in [-0.3, -0.25) is 24.3 Å². The molecule has 1 spiro atoms. The van der Waals surface area contributed by atoms with Crippen LogP contribution in [-0.4, -0.2) is 69.9 Å². The average Bonchev–Trinajstić information content (AvgIpc) is 3.45. The van der Waals surface area contributed by atoms with Gasteiger partial charge in [-0.2, -0.15) is 13.2 Å². The first-order chi connectivity index (χ1) is 18.9. The van der Waals surface area contributed by atoms with Crippen LogP contribution in [0.3, 0.4) is 0 Å². The van der Waals surface area contributed by atoms with Crippen molar-refractivity contribution in [1.29, 1.82) is 0 Å². The number of rotatable bonds is 6. The highest BCUT2D eigenvalue weighted by Crippen LogP contribution is 2.47. The second kappa shape index (κ2) is 10.3. The highest BCUT2D eigenvalue weighted by Gasteiger charge is 2.58. The van der Waals surface area contributed by atoms with Gasteiger partial charge in [-0.25, -0.2) is 8.78 Å². The van der Waals surface area contributed by atoms with Gasteiger partial charge >= 0.3 is 6.18 Å². The van der Waals surface area contributed by atoms with E-state index in [0.29, 0.717) is 16.0 Å². The second-order valence-electron chi connectivity index (χ2n) is 10.0. The van der Waals surface area contributed by atoms with Crippen LogP contribution in [0.4, 0.5) is 22.0 Å². The van der Waals surface area contributed by atoms with E-state index < -0.39 is 65.9 Å². The van der Waals surface area contributed by atoms with Crippen molar-refractivity contribution in [2.24, 2.45) is 5.92 Å². The highest BCUT2D eigenvalue weighted by molar-refractivity contribution is 6.26. The summed E-state index contributed by atoms with van der Waals surface area (Å²) in [6.07, 6.45) is -0.649. The van der Waals surface area contributed by atoms with E-state index in [2.05, 4.69) is 4.98 Å². The summed E-state index contributed by atoms with van der Waals surface area (Å²) in [5.74, 6) is -3.90. The Morgan fingerprint density at radius 2 is 1.90 bits per heavy atom. The fourth-order valence-electron chi connectivity index (χ4n) is 5.35. The summed E-state index contributed by atoms with van der Waals surface area (Å²) < 4.78 is 74.3. The smallest absolute Gasteiger partial charge is 0.346 e. The predicted octanol–water partition coefficient (Wildman–Crippen LogP) is 3.85. The molecule has 12 heteroatoms. The monoisotopic (exact) mass is 561 g/mol. The van der Waals surface area contributed by atoms with E-state index in [0.717, 1.165) is 19.1 Å². The van der Waals surface area contributed by atoms with Crippen molar-refractivity contribution in [2.75, 3.05) is 19.8 Å². The van der Waals surface area contributed by atoms with Crippen molar-refractivity contribution in [3.63, 3.8) is 0 Å². The largest absolute Gasteiger partial charge is 0.408 e. The number of fused-ring (bicyclic) bond motifs is 2. The van der Waals surface area contributed by atoms with Crippen LogP contribution in [0.2, 0.25) is 0 Å². The quantitative estimate of drug-likeness (QED) is 0.499. The van der Waals surface area contributed by atoms with Crippen LogP contribution in [0, 0.1) is 17.6 Å². The number of pyridine rings is 1. The van der Waals surface area contributed by atoms with Crippen LogP contribution in [0.15, 0.2) is 60.3 Å². The van der Waals surface area contributed by atoms with Gasteiger partial charge in [0.2, 0.25) is 5.91 Å². The number of hydrogen-bond acceptors (Lipinski definition) is 6. The third-order valence-electron chi connectivity index (χ3n) is 7.53. The van der Waals surface area contributed by atoms with E-state index in [1.807, 2.05) is 0 Å². The third-order valence-corrected chi connectivity index (χ3v) is 7.53. The predicted molar refractivity (Wildman–Crippen MR) is 131 cm³/mol. The van der Waals surface area contributed by atoms with Crippen molar-refractivity contribution < 1.29 is 41.1 Å². The van der Waals surface area contributed by atoms with Crippen molar-refractivity contribution in [2.45, 2.75) is 37.7 Å². The molecule has 3 aliphatic rings. The van der Waals surface area contributed by atoms with E-state index in [1.165, 1.54) is 47.5 Å². The molecule has 0 N–H and O–H groups in total. The number of ether oxygens (including phenoxy) is 1. The van der Waals surface area contributed by atoms with Crippen LogP contribution >= 0.6 is 0 Å². The Labute approximate surface area is 225 Å². The van der Waals surface area contributed by atoms with Crippen molar-refractivity contribution in [3.8, 4) is 0 Å². The first-order valence-electron chi connectivity index (χ1n) is 12.5. The number of allylic oxidation sites excluding steroid dienone is 3. The molecule has 1 unspecified atom stereocenters. The maximum Gasteiger partial charge on any atom is 0.408 e. The zero-order chi connectivity index (χ0) is 28.8. The number of nitrogens with zero attached hydrogens (tertiary/aromatic N) is 3. The van der Waals surface area contributed by atoms with Gasteiger partial charge in [-0.1, -0.05) is 18.2 Å². The number of benzene rings is 1. The molecule has 1 aromatic heterocycles. The van der Waals surface area contributed by atoms with Gasteiger partial charge in [0.25, 0.3) is 0 Å². The van der Waals surface area contributed by atoms with Crippen molar-refractivity contribution in [1.82, 2.24) is 14.8 Å². The molecule has 2 fully saturated rings. The maximum atomic E-state index is 14.3. The van der Waals surface area contributed by atoms with Crippen LogP contribution in [-0.2, 0) is 25.7 Å². The third kappa shape index (κ3) is 4.97. The van der Waals surface area contributed by atoms with Crippen molar-refractivity contribution >= 4 is 23.0 Å². The minimum Gasteiger partial charge on any atom is -0.346 e. The zero-order valence-corrected chi connectivity index (χ0v) is 21.3. The fourth-order valence-corrected chi connectivity index (χ4v) is 5.35. The minimum absolute atomic E-state index is 0.0271. The molecule has 1 saturated heterocycles. The molecular weight excluding hydrogens is 537 g/mol. The topological polar surface area (TPSA) is 79.8 Å². The lowest BCUT2D eigenvalue weighted by Crippen LogP contribution is -2.50. The number of amides is 1. The Bertz CT molecular complexity index is 1420. The Hall–Kier alpha value is -3.77. The molecule has 7 nitrogen and oxygen atoms in total. The van der Waals surface area contributed by atoms with Crippen LogP contribution in [0.5, 0.6) is 0 Å². The summed E-state index contributed by atoms with van der Waals surface area (Å²) in [7, 11) is 0. The lowest BCUT2D eigenvalue weighted by Gasteiger charge is -2.32. The molecular formula is C28H24F5N3O4. The summed E-state index contributed by atoms with van der Waals surface area (Å²) in [6, 6.07) is 5.22. The second-order valence-corrected chi connectivity index (χ2v) is 10.0. The number of Topliss-reactive ketones (excluding diaryl/α,β-unsaturated/α-hetero) is 2. The maximum absolute atomic E-state index is 14.3. The van der Waals surface area contributed by atoms with Crippen molar-refractivity contribution in [3.05, 3.63) is 83.2 Å². The molecule has 1 aliphatic heterocycles. The number of ketones is 2. The number of alkyl halides is 3. The first kappa shape index (κ1) is 27.8. The Morgan fingerprint density at radius 3 is 2.58 bits per heavy atom. The fraction of sp³-hybridized carbons (Fsp3) is 0.357. The molecule has 0 radical (unpaired) electrons. The minimum atomic E-state index is -4.71. The molecule has 0 bridgehead atoms. The van der Waals surface area contributed by atoms with Crippen LogP contribution in [0.25, 0.3) is 5.57 Å². The van der Waals surface area contributed by atoms with Gasteiger partial charge < -0.3 is 9.64 Å². The molecule has 210 valence electrons. The molecule has 1 amide bonds. The number of carbonyl (C=O) groups excluding carboxylic acids is 3. The normalized spacial score (nSPS) is 23.7. The van der Waals surface area contributed by atoms with Crippen LogP contribution in [0.1, 0.15) is 24.6 Å². The van der Waals surface area contributed by atoms with E-state index >= 15 is 0 Å². The van der Waals surface area contributed by atoms with E-state index in [1.54, 1.807) is 0 Å². The summed E-state index contributed by atoms with van der Waals surface area (Å²) in [6.45, 7) is -0.396. The van der Waals surface area contributed by atoms with Gasteiger partial charge in [0.1, 0.15) is 30.1 Å². The molecule has 2 aliphatic carbocycles. The van der Waals surface area contributed by atoms with Gasteiger partial charge in [-0.15, -0.1) is 0 Å². The molecule has 5 rings (SSSR count). The number of aromatic nitrogens is 1. The number of halogens is 5. The van der Waals surface area contributed by atoms with E-state index in [-0.39, 0.29) is 31.0 Å². The standard InChI is InChI=1S/C28H24F5N3O4/c1-16(28(31,32)33)36(12-17-4-6-18(29)7-5-17)24(38)13-35-14-27(40-15-35)21-9-8-19(25-22(30)3-2-10-34-25)26(39)20(21)11-23(27)37/h2-10,16,20H,11-15H2,1H3/t16-,20?,27-/m0/s1. The summed E-state index contributed by atoms with van der Waals surface area (Å²) in [4.78, 5) is 45.6. The molecule has 1 aromatic carbocycles. The Balaban J connectivity index is 1.36. The lowest BCUT2D eigenvalue weighted by molar-refractivity contribution is -0.187. The van der Waals surface area contributed by atoms with Gasteiger partial charge in [-0.05, 0) is 48.4 Å². The molecule has 2 aromatic rings. The molecule has 3 atom stereocenters. The molecule has 2 heterocycles. The number of carbonyl (C=O) groups is 3. The SMILES string of the molecule is C[C@H](N(Cc1ccc(F)cc1)C(=O)CN1CO[C@]2(C1)C(=O)CC1C(=O)C(c3ncccc3F)=CC=C12)C(F)(F)F. The zero-order valence-electron chi connectivity index (χ0n) is 21.3. The van der Waals surface area contributed by atoms with E-state index in [4.69, 9.17) is 4.74 Å². The van der Waals surface area contributed by atoms with Gasteiger partial charge in [0.05, 0.1) is 12.5 Å². The Kier molecular flexibility index (Phi) is 7.17.